The Bertz CT molecular complexity index is 1210. The summed E-state index contributed by atoms with van der Waals surface area (Å²) >= 11 is 0. The van der Waals surface area contributed by atoms with Gasteiger partial charge in [-0.15, -0.1) is 0 Å². The van der Waals surface area contributed by atoms with Crippen LogP contribution in [0.15, 0.2) is 60.7 Å². The summed E-state index contributed by atoms with van der Waals surface area (Å²) in [5, 5.41) is 9.39. The van der Waals surface area contributed by atoms with Gasteiger partial charge in [0.15, 0.2) is 0 Å². The van der Waals surface area contributed by atoms with Crippen molar-refractivity contribution < 1.29 is 28.5 Å². The molecule has 1 aliphatic heterocycles. The number of carboxylic acids is 1. The molecule has 1 saturated heterocycles. The van der Waals surface area contributed by atoms with Crippen molar-refractivity contribution in [3.8, 4) is 16.9 Å². The van der Waals surface area contributed by atoms with E-state index in [4.69, 9.17) is 14.2 Å². The molecule has 0 spiro atoms. The molecule has 0 saturated carbocycles. The van der Waals surface area contributed by atoms with Gasteiger partial charge in [-0.3, -0.25) is 4.79 Å². The lowest BCUT2D eigenvalue weighted by molar-refractivity contribution is -0.137. The third-order valence-corrected chi connectivity index (χ3v) is 6.92. The number of ether oxygens (including phenoxy) is 3. The highest BCUT2D eigenvalue weighted by atomic mass is 19.1. The van der Waals surface area contributed by atoms with Gasteiger partial charge in [-0.25, -0.2) is 4.39 Å². The Labute approximate surface area is 217 Å². The molecule has 0 radical (unpaired) electrons. The van der Waals surface area contributed by atoms with Crippen LogP contribution in [0, 0.1) is 12.7 Å². The van der Waals surface area contributed by atoms with Crippen LogP contribution in [0.2, 0.25) is 0 Å². The summed E-state index contributed by atoms with van der Waals surface area (Å²) in [6, 6.07) is 18.9. The van der Waals surface area contributed by atoms with E-state index >= 15 is 0 Å². The van der Waals surface area contributed by atoms with Crippen molar-refractivity contribution in [3.05, 3.63) is 83.2 Å². The molecule has 1 heterocycles. The van der Waals surface area contributed by atoms with Crippen LogP contribution in [0.5, 0.6) is 5.75 Å². The normalized spacial score (nSPS) is 17.2. The Morgan fingerprint density at radius 3 is 2.51 bits per heavy atom. The van der Waals surface area contributed by atoms with E-state index < -0.39 is 5.97 Å². The highest BCUT2D eigenvalue weighted by Crippen LogP contribution is 2.31. The van der Waals surface area contributed by atoms with Crippen molar-refractivity contribution in [1.82, 2.24) is 0 Å². The Hall–Kier alpha value is -3.42. The maximum absolute atomic E-state index is 14.4. The Morgan fingerprint density at radius 2 is 1.84 bits per heavy atom. The fourth-order valence-corrected chi connectivity index (χ4v) is 4.94. The number of benzene rings is 3. The van der Waals surface area contributed by atoms with E-state index in [2.05, 4.69) is 29.2 Å². The van der Waals surface area contributed by atoms with Gasteiger partial charge >= 0.3 is 5.97 Å². The average molecular weight is 508 g/mol. The summed E-state index contributed by atoms with van der Waals surface area (Å²) in [6.07, 6.45) is 1.48. The standard InChI is InChI=1S/C30H34FNO5/c1-20-14-23(28-18-26(36-3)10-11-29(28)31)7-6-22(20)15-21-4-8-24(9-5-21)32-19-27(37-13-12-35-2)16-25(32)17-30(33)34/h4-11,14,18,25,27H,12-13,15-17,19H2,1-3H3,(H,33,34)/t25-,27-/m1/s1. The van der Waals surface area contributed by atoms with Gasteiger partial charge in [-0.1, -0.05) is 30.3 Å². The summed E-state index contributed by atoms with van der Waals surface area (Å²) in [5.41, 5.74) is 5.72. The van der Waals surface area contributed by atoms with Crippen molar-refractivity contribution in [3.63, 3.8) is 0 Å². The van der Waals surface area contributed by atoms with Crippen LogP contribution in [0.25, 0.3) is 11.1 Å². The van der Waals surface area contributed by atoms with Gasteiger partial charge in [0, 0.05) is 30.9 Å². The number of aryl methyl sites for hydroxylation is 1. The Kier molecular flexibility index (Phi) is 8.79. The van der Waals surface area contributed by atoms with Gasteiger partial charge in [-0.2, -0.15) is 0 Å². The third kappa shape index (κ3) is 6.67. The SMILES string of the molecule is COCCO[C@@H]1C[C@H](CC(=O)O)N(c2ccc(Cc3ccc(-c4cc(OC)ccc4F)cc3C)cc2)C1. The summed E-state index contributed by atoms with van der Waals surface area (Å²) in [5.74, 6) is -0.468. The van der Waals surface area contributed by atoms with E-state index in [-0.39, 0.29) is 24.4 Å². The topological polar surface area (TPSA) is 68.2 Å². The predicted molar refractivity (Wildman–Crippen MR) is 142 cm³/mol. The van der Waals surface area contributed by atoms with Crippen molar-refractivity contribution in [2.75, 3.05) is 38.9 Å². The van der Waals surface area contributed by atoms with Crippen LogP contribution < -0.4 is 9.64 Å². The summed E-state index contributed by atoms with van der Waals surface area (Å²) in [4.78, 5) is 13.6. The number of carboxylic acid groups (broad SMARTS) is 1. The lowest BCUT2D eigenvalue weighted by atomic mass is 9.95. The first-order valence-electron chi connectivity index (χ1n) is 12.5. The number of halogens is 1. The number of methoxy groups -OCH3 is 2. The molecule has 2 atom stereocenters. The number of rotatable bonds is 11. The molecule has 0 unspecified atom stereocenters. The van der Waals surface area contributed by atoms with Crippen LogP contribution in [0.4, 0.5) is 10.1 Å². The van der Waals surface area contributed by atoms with Gasteiger partial charge in [0.25, 0.3) is 0 Å². The molecular weight excluding hydrogens is 473 g/mol. The maximum Gasteiger partial charge on any atom is 0.305 e. The van der Waals surface area contributed by atoms with E-state index in [1.54, 1.807) is 26.4 Å². The largest absolute Gasteiger partial charge is 0.497 e. The molecule has 3 aromatic carbocycles. The molecule has 0 bridgehead atoms. The number of nitrogens with zero attached hydrogens (tertiary/aromatic N) is 1. The van der Waals surface area contributed by atoms with Crippen molar-refractivity contribution in [2.24, 2.45) is 0 Å². The molecular formula is C30H34FNO5. The summed E-state index contributed by atoms with van der Waals surface area (Å²) in [7, 11) is 3.21. The van der Waals surface area contributed by atoms with Gasteiger partial charge in [-0.05, 0) is 72.4 Å². The number of hydrogen-bond acceptors (Lipinski definition) is 5. The number of anilines is 1. The second kappa shape index (κ2) is 12.2. The minimum atomic E-state index is -0.808. The van der Waals surface area contributed by atoms with Crippen LogP contribution >= 0.6 is 0 Å². The average Bonchev–Trinajstić information content (AvgIpc) is 3.28. The highest BCUT2D eigenvalue weighted by Gasteiger charge is 2.34. The van der Waals surface area contributed by atoms with E-state index in [1.165, 1.54) is 6.07 Å². The van der Waals surface area contributed by atoms with Gasteiger partial charge in [0.2, 0.25) is 0 Å². The molecule has 37 heavy (non-hydrogen) atoms. The van der Waals surface area contributed by atoms with Gasteiger partial charge in [0.05, 0.1) is 32.8 Å². The summed E-state index contributed by atoms with van der Waals surface area (Å²) < 4.78 is 30.6. The molecule has 0 amide bonds. The monoisotopic (exact) mass is 507 g/mol. The first-order chi connectivity index (χ1) is 17.9. The molecule has 7 heteroatoms. The van der Waals surface area contributed by atoms with E-state index in [9.17, 15) is 14.3 Å². The zero-order chi connectivity index (χ0) is 26.4. The fourth-order valence-electron chi connectivity index (χ4n) is 4.94. The van der Waals surface area contributed by atoms with E-state index in [0.29, 0.717) is 37.5 Å². The lowest BCUT2D eigenvalue weighted by Crippen LogP contribution is -2.31. The minimum Gasteiger partial charge on any atom is -0.497 e. The van der Waals surface area contributed by atoms with E-state index in [0.717, 1.165) is 34.4 Å². The number of aliphatic carboxylic acids is 1. The van der Waals surface area contributed by atoms with Crippen LogP contribution in [0.1, 0.15) is 29.5 Å². The second-order valence-electron chi connectivity index (χ2n) is 9.46. The highest BCUT2D eigenvalue weighted by molar-refractivity contribution is 5.69. The van der Waals surface area contributed by atoms with Crippen molar-refractivity contribution >= 4 is 11.7 Å². The molecule has 1 N–H and O–H groups in total. The Balaban J connectivity index is 1.46. The maximum atomic E-state index is 14.4. The molecule has 4 rings (SSSR count). The molecule has 6 nitrogen and oxygen atoms in total. The molecule has 3 aromatic rings. The first kappa shape index (κ1) is 26.6. The second-order valence-corrected chi connectivity index (χ2v) is 9.46. The molecule has 0 aromatic heterocycles. The minimum absolute atomic E-state index is 0.0187. The zero-order valence-electron chi connectivity index (χ0n) is 21.6. The van der Waals surface area contributed by atoms with Crippen LogP contribution in [-0.4, -0.2) is 57.2 Å². The lowest BCUT2D eigenvalue weighted by Gasteiger charge is -2.25. The number of carbonyl (C=O) groups is 1. The van der Waals surface area contributed by atoms with Crippen molar-refractivity contribution in [2.45, 2.75) is 38.3 Å². The molecule has 1 aliphatic rings. The number of hydrogen-bond donors (Lipinski definition) is 1. The van der Waals surface area contributed by atoms with E-state index in [1.807, 2.05) is 25.1 Å². The predicted octanol–water partition coefficient (Wildman–Crippen LogP) is 5.49. The quantitative estimate of drug-likeness (QED) is 0.347. The Morgan fingerprint density at radius 1 is 1.05 bits per heavy atom. The third-order valence-electron chi connectivity index (χ3n) is 6.92. The van der Waals surface area contributed by atoms with Gasteiger partial charge in [0.1, 0.15) is 11.6 Å². The molecule has 0 aliphatic carbocycles. The van der Waals surface area contributed by atoms with Crippen molar-refractivity contribution in [1.29, 1.82) is 0 Å². The molecule has 1 fully saturated rings. The fraction of sp³-hybridized carbons (Fsp3) is 0.367. The zero-order valence-corrected chi connectivity index (χ0v) is 21.6. The van der Waals surface area contributed by atoms with Crippen LogP contribution in [0.3, 0.4) is 0 Å². The molecule has 196 valence electrons. The van der Waals surface area contributed by atoms with Crippen LogP contribution in [-0.2, 0) is 20.7 Å². The summed E-state index contributed by atoms with van der Waals surface area (Å²) in [6.45, 7) is 3.71. The smallest absolute Gasteiger partial charge is 0.305 e. The first-order valence-corrected chi connectivity index (χ1v) is 12.5. The van der Waals surface area contributed by atoms with Gasteiger partial charge < -0.3 is 24.2 Å².